The average Bonchev–Trinajstić information content (AvgIpc) is 3.15. The highest BCUT2D eigenvalue weighted by Crippen LogP contribution is 2.46. The number of ether oxygens (including phenoxy) is 8. The second-order valence-corrected chi connectivity index (χ2v) is 13.3. The minimum Gasteiger partial charge on any atom is -0.508 e. The van der Waals surface area contributed by atoms with Crippen molar-refractivity contribution < 1.29 is 99.2 Å². The fraction of sp³-hybridized carbons (Fsp3) is 0.588. The number of rotatable bonds is 10. The average molecular weight is 773 g/mol. The predicted octanol–water partition coefficient (Wildman–Crippen LogP) is -3.57. The maximum absolute atomic E-state index is 11.0. The molecule has 0 radical (unpaired) electrons. The third-order valence-electron chi connectivity index (χ3n) is 9.63. The molecule has 4 aliphatic rings. The molecule has 6 rings (SSSR count). The molecule has 3 fully saturated rings. The third-order valence-corrected chi connectivity index (χ3v) is 9.63. The van der Waals surface area contributed by atoms with Crippen LogP contribution in [0.3, 0.4) is 0 Å². The highest BCUT2D eigenvalue weighted by molar-refractivity contribution is 5.70. The molecule has 2 aromatic rings. The van der Waals surface area contributed by atoms with E-state index in [1.165, 1.54) is 44.4 Å². The number of hydrogen-bond acceptors (Lipinski definition) is 20. The van der Waals surface area contributed by atoms with E-state index in [0.29, 0.717) is 5.56 Å². The van der Waals surface area contributed by atoms with E-state index in [4.69, 9.17) is 37.9 Å². The second kappa shape index (κ2) is 16.3. The summed E-state index contributed by atoms with van der Waals surface area (Å²) in [7, 11) is 1.31. The number of phenolic OH excluding ortho intramolecular Hbond substituents is 2. The highest BCUT2D eigenvalue weighted by atomic mass is 16.7. The molecule has 54 heavy (non-hydrogen) atoms. The first kappa shape index (κ1) is 40.1. The Bertz CT molecular complexity index is 1640. The van der Waals surface area contributed by atoms with Gasteiger partial charge in [0.25, 0.3) is 0 Å². The molecule has 0 bridgehead atoms. The molecule has 0 spiro atoms. The van der Waals surface area contributed by atoms with Crippen molar-refractivity contribution in [1.29, 1.82) is 0 Å². The summed E-state index contributed by atoms with van der Waals surface area (Å²) < 4.78 is 45.7. The molecule has 20 heteroatoms. The van der Waals surface area contributed by atoms with Gasteiger partial charge in [0, 0.05) is 17.7 Å². The standard InChI is InChI=1S/C34H44O20/c1-11-22(38)25(41)28(44)32(49-11)48-10-21-24(40)27(43)30(46)34(54-21)52-19-8-14-16(50-31(19)12-3-4-15(37)18(5-12)47-2)6-13(36)7-17(14)51-33-29(45)26(42)23(39)20(9-35)53-33/h3-8,11,20-46H,9-10H2,1-2H3/t11-,20-,21-,22+,23-,24-,25+,26+,27+,28-,29+,30-,31?,32-,33-,34-/m1/s1. The summed E-state index contributed by atoms with van der Waals surface area (Å²) in [5, 5.41) is 125. The van der Waals surface area contributed by atoms with Crippen LogP contribution in [-0.4, -0.2) is 174 Å². The van der Waals surface area contributed by atoms with Crippen molar-refractivity contribution in [3.8, 4) is 28.7 Å². The van der Waals surface area contributed by atoms with Gasteiger partial charge in [-0.2, -0.15) is 0 Å². The summed E-state index contributed by atoms with van der Waals surface area (Å²) in [6.07, 6.45) is -24.1. The number of benzene rings is 2. The zero-order chi connectivity index (χ0) is 39.2. The Kier molecular flexibility index (Phi) is 12.1. The Morgan fingerprint density at radius 3 is 1.93 bits per heavy atom. The number of hydrogen-bond donors (Lipinski definition) is 12. The normalized spacial score (nSPS) is 39.5. The fourth-order valence-electron chi connectivity index (χ4n) is 6.43. The van der Waals surface area contributed by atoms with Crippen LogP contribution in [0.4, 0.5) is 0 Å². The van der Waals surface area contributed by atoms with Crippen LogP contribution in [0, 0.1) is 0 Å². The lowest BCUT2D eigenvalue weighted by Gasteiger charge is -2.43. The summed E-state index contributed by atoms with van der Waals surface area (Å²) >= 11 is 0. The van der Waals surface area contributed by atoms with E-state index in [9.17, 15) is 61.3 Å². The molecule has 2 aromatic carbocycles. The van der Waals surface area contributed by atoms with E-state index in [1.54, 1.807) is 0 Å². The summed E-state index contributed by atoms with van der Waals surface area (Å²) in [4.78, 5) is 0. The van der Waals surface area contributed by atoms with Gasteiger partial charge in [-0.15, -0.1) is 0 Å². The van der Waals surface area contributed by atoms with Crippen molar-refractivity contribution in [2.45, 2.75) is 105 Å². The number of methoxy groups -OCH3 is 1. The Labute approximate surface area is 306 Å². The van der Waals surface area contributed by atoms with Crippen LogP contribution in [0.1, 0.15) is 24.2 Å². The minimum atomic E-state index is -1.90. The van der Waals surface area contributed by atoms with Crippen molar-refractivity contribution in [2.75, 3.05) is 20.3 Å². The second-order valence-electron chi connectivity index (χ2n) is 13.3. The Balaban J connectivity index is 1.32. The zero-order valence-corrected chi connectivity index (χ0v) is 28.7. The SMILES string of the molecule is COc1cc(C2Oc3cc(O)cc(O[C@@H]4O[C@H](CO)[C@@H](O)[C@H](O)[C@@H]4O)c3C=C2O[C@@H]2O[C@H](CO[C@@H]3O[C@H](C)[C@H](O)[C@H](O)[C@H]3O)[C@@H](O)[C@H](O)[C@H]2O)ccc1O. The Hall–Kier alpha value is -3.58. The molecular weight excluding hydrogens is 728 g/mol. The molecular formula is C34H44O20. The molecule has 1 unspecified atom stereocenters. The maximum Gasteiger partial charge on any atom is 0.229 e. The number of aliphatic hydroxyl groups excluding tert-OH is 10. The molecule has 0 amide bonds. The quantitative estimate of drug-likeness (QED) is 0.111. The van der Waals surface area contributed by atoms with Gasteiger partial charge >= 0.3 is 0 Å². The van der Waals surface area contributed by atoms with Gasteiger partial charge in [0.15, 0.2) is 23.9 Å². The fourth-order valence-corrected chi connectivity index (χ4v) is 6.43. The van der Waals surface area contributed by atoms with E-state index in [2.05, 4.69) is 0 Å². The van der Waals surface area contributed by atoms with Crippen LogP contribution in [-0.2, 0) is 23.7 Å². The molecule has 0 aliphatic carbocycles. The van der Waals surface area contributed by atoms with Crippen molar-refractivity contribution in [2.24, 2.45) is 0 Å². The lowest BCUT2D eigenvalue weighted by molar-refractivity contribution is -0.324. The van der Waals surface area contributed by atoms with Gasteiger partial charge in [-0.3, -0.25) is 0 Å². The molecule has 20 nitrogen and oxygen atoms in total. The van der Waals surface area contributed by atoms with Crippen LogP contribution in [0.2, 0.25) is 0 Å². The van der Waals surface area contributed by atoms with Crippen LogP contribution in [0.5, 0.6) is 28.7 Å². The van der Waals surface area contributed by atoms with E-state index >= 15 is 0 Å². The van der Waals surface area contributed by atoms with Gasteiger partial charge in [0.05, 0.1) is 32.0 Å². The van der Waals surface area contributed by atoms with Crippen LogP contribution in [0.25, 0.3) is 6.08 Å². The lowest BCUT2D eigenvalue weighted by atomic mass is 9.98. The summed E-state index contributed by atoms with van der Waals surface area (Å²) in [6.45, 7) is 0.123. The molecule has 300 valence electrons. The smallest absolute Gasteiger partial charge is 0.229 e. The first-order valence-corrected chi connectivity index (χ1v) is 16.9. The molecule has 0 saturated carbocycles. The molecule has 16 atom stereocenters. The topological polar surface area (TPSA) is 317 Å². The summed E-state index contributed by atoms with van der Waals surface area (Å²) in [6, 6.07) is 6.49. The lowest BCUT2D eigenvalue weighted by Crippen LogP contribution is -2.61. The van der Waals surface area contributed by atoms with E-state index < -0.39 is 111 Å². The van der Waals surface area contributed by atoms with Crippen molar-refractivity contribution in [3.05, 3.63) is 47.2 Å². The monoisotopic (exact) mass is 772 g/mol. The van der Waals surface area contributed by atoms with Gasteiger partial charge in [-0.1, -0.05) is 6.07 Å². The maximum atomic E-state index is 11.0. The minimum absolute atomic E-state index is 0.0293. The van der Waals surface area contributed by atoms with Gasteiger partial charge in [0.1, 0.15) is 90.2 Å². The van der Waals surface area contributed by atoms with Gasteiger partial charge in [-0.25, -0.2) is 0 Å². The molecule has 12 N–H and O–H groups in total. The largest absolute Gasteiger partial charge is 0.508 e. The zero-order valence-electron chi connectivity index (χ0n) is 28.7. The number of fused-ring (bicyclic) bond motifs is 1. The van der Waals surface area contributed by atoms with Gasteiger partial charge < -0.3 is 99.2 Å². The molecule has 3 saturated heterocycles. The number of phenols is 2. The molecule has 4 heterocycles. The summed E-state index contributed by atoms with van der Waals surface area (Å²) in [5.41, 5.74) is 0.344. The highest BCUT2D eigenvalue weighted by Gasteiger charge is 2.49. The first-order valence-electron chi connectivity index (χ1n) is 16.9. The van der Waals surface area contributed by atoms with Crippen LogP contribution < -0.4 is 14.2 Å². The van der Waals surface area contributed by atoms with Gasteiger partial charge in [0.2, 0.25) is 12.6 Å². The van der Waals surface area contributed by atoms with Crippen molar-refractivity contribution >= 4 is 6.08 Å². The van der Waals surface area contributed by atoms with E-state index in [0.717, 1.165) is 6.07 Å². The Morgan fingerprint density at radius 2 is 1.26 bits per heavy atom. The third kappa shape index (κ3) is 7.76. The first-order chi connectivity index (χ1) is 25.6. The van der Waals surface area contributed by atoms with Crippen molar-refractivity contribution in [1.82, 2.24) is 0 Å². The van der Waals surface area contributed by atoms with Crippen molar-refractivity contribution in [3.63, 3.8) is 0 Å². The van der Waals surface area contributed by atoms with E-state index in [-0.39, 0.29) is 40.1 Å². The van der Waals surface area contributed by atoms with E-state index in [1.807, 2.05) is 0 Å². The summed E-state index contributed by atoms with van der Waals surface area (Å²) in [5.74, 6) is -0.958. The predicted molar refractivity (Wildman–Crippen MR) is 175 cm³/mol. The Morgan fingerprint density at radius 1 is 0.648 bits per heavy atom. The number of aromatic hydroxyl groups is 2. The van der Waals surface area contributed by atoms with Gasteiger partial charge in [-0.05, 0) is 25.1 Å². The molecule has 0 aromatic heterocycles. The number of aliphatic hydroxyl groups is 10. The van der Waals surface area contributed by atoms with Crippen LogP contribution >= 0.6 is 0 Å². The molecule has 4 aliphatic heterocycles. The van der Waals surface area contributed by atoms with Crippen LogP contribution in [0.15, 0.2) is 36.1 Å².